The first-order valence-corrected chi connectivity index (χ1v) is 6.99. The molecule has 0 fully saturated rings. The molecule has 0 saturated carbocycles. The fourth-order valence-corrected chi connectivity index (χ4v) is 2.68. The highest BCUT2D eigenvalue weighted by Gasteiger charge is 2.30. The van der Waals surface area contributed by atoms with Crippen LogP contribution < -0.4 is 5.32 Å². The minimum atomic E-state index is -0.445. The Kier molecular flexibility index (Phi) is 3.05. The molecule has 2 heterocycles. The number of para-hydroxylation sites is 1. The Labute approximate surface area is 118 Å². The minimum absolute atomic E-state index is 0.173. The molecule has 1 aromatic heterocycles. The van der Waals surface area contributed by atoms with Gasteiger partial charge in [-0.1, -0.05) is 18.2 Å². The topological polar surface area (TPSA) is 54.1 Å². The van der Waals surface area contributed by atoms with Crippen LogP contribution in [0.4, 0.5) is 0 Å². The second-order valence-electron chi connectivity index (χ2n) is 6.30. The summed E-state index contributed by atoms with van der Waals surface area (Å²) >= 11 is 0. The monoisotopic (exact) mass is 272 g/mol. The summed E-state index contributed by atoms with van der Waals surface area (Å²) < 4.78 is 5.47. The van der Waals surface area contributed by atoms with Gasteiger partial charge in [-0.2, -0.15) is 0 Å². The van der Waals surface area contributed by atoms with Gasteiger partial charge >= 0.3 is 5.97 Å². The summed E-state index contributed by atoms with van der Waals surface area (Å²) in [7, 11) is 0. The Morgan fingerprint density at radius 2 is 2.05 bits per heavy atom. The highest BCUT2D eigenvalue weighted by atomic mass is 16.6. The third-order valence-electron chi connectivity index (χ3n) is 3.53. The van der Waals surface area contributed by atoms with E-state index in [0.717, 1.165) is 5.52 Å². The number of H-pyrrole nitrogens is 1. The lowest BCUT2D eigenvalue weighted by Gasteiger charge is -2.27. The zero-order valence-corrected chi connectivity index (χ0v) is 12.1. The predicted molar refractivity (Wildman–Crippen MR) is 78.5 cm³/mol. The number of esters is 1. The van der Waals surface area contributed by atoms with E-state index in [0.29, 0.717) is 13.0 Å². The average molecular weight is 272 g/mol. The normalized spacial score (nSPS) is 18.9. The Morgan fingerprint density at radius 3 is 2.80 bits per heavy atom. The summed E-state index contributed by atoms with van der Waals surface area (Å²) in [5.41, 5.74) is 3.09. The fraction of sp³-hybridized carbons (Fsp3) is 0.438. The highest BCUT2D eigenvalue weighted by Crippen LogP contribution is 2.27. The molecule has 2 aromatic rings. The van der Waals surface area contributed by atoms with Gasteiger partial charge in [0.1, 0.15) is 11.6 Å². The first-order chi connectivity index (χ1) is 9.44. The molecule has 1 aliphatic heterocycles. The summed E-state index contributed by atoms with van der Waals surface area (Å²) in [5.74, 6) is -0.173. The lowest BCUT2D eigenvalue weighted by Crippen LogP contribution is -2.44. The van der Waals surface area contributed by atoms with Crippen LogP contribution in [0.25, 0.3) is 10.9 Å². The maximum absolute atomic E-state index is 12.2. The van der Waals surface area contributed by atoms with Crippen molar-refractivity contribution >= 4 is 16.9 Å². The summed E-state index contributed by atoms with van der Waals surface area (Å²) in [5, 5.41) is 4.46. The van der Waals surface area contributed by atoms with E-state index >= 15 is 0 Å². The lowest BCUT2D eigenvalue weighted by atomic mass is 9.98. The van der Waals surface area contributed by atoms with Gasteiger partial charge in [0.05, 0.1) is 0 Å². The third-order valence-corrected chi connectivity index (χ3v) is 3.53. The smallest absolute Gasteiger partial charge is 0.324 e. The van der Waals surface area contributed by atoms with Crippen molar-refractivity contribution in [1.29, 1.82) is 0 Å². The van der Waals surface area contributed by atoms with Gasteiger partial charge in [0.15, 0.2) is 0 Å². The van der Waals surface area contributed by atoms with Crippen molar-refractivity contribution in [3.63, 3.8) is 0 Å². The minimum Gasteiger partial charge on any atom is -0.459 e. The summed E-state index contributed by atoms with van der Waals surface area (Å²) in [6.45, 7) is 6.36. The van der Waals surface area contributed by atoms with Gasteiger partial charge in [-0.05, 0) is 32.4 Å². The molecule has 1 atom stereocenters. The van der Waals surface area contributed by atoms with Crippen molar-refractivity contribution < 1.29 is 9.53 Å². The molecule has 0 aliphatic carbocycles. The van der Waals surface area contributed by atoms with E-state index in [4.69, 9.17) is 4.74 Å². The van der Waals surface area contributed by atoms with Crippen LogP contribution in [0, 0.1) is 0 Å². The molecule has 0 amide bonds. The average Bonchev–Trinajstić information content (AvgIpc) is 2.74. The van der Waals surface area contributed by atoms with Crippen LogP contribution >= 0.6 is 0 Å². The van der Waals surface area contributed by atoms with E-state index in [2.05, 4.69) is 22.4 Å². The lowest BCUT2D eigenvalue weighted by molar-refractivity contribution is -0.157. The first-order valence-electron chi connectivity index (χ1n) is 6.99. The second-order valence-corrected chi connectivity index (χ2v) is 6.30. The molecule has 0 bridgehead atoms. The number of hydrogen-bond donors (Lipinski definition) is 2. The maximum atomic E-state index is 12.2. The molecular weight excluding hydrogens is 252 g/mol. The van der Waals surface area contributed by atoms with Crippen LogP contribution in [-0.2, 0) is 22.5 Å². The zero-order valence-electron chi connectivity index (χ0n) is 12.1. The molecule has 1 aliphatic rings. The van der Waals surface area contributed by atoms with Crippen molar-refractivity contribution in [2.45, 2.75) is 45.4 Å². The highest BCUT2D eigenvalue weighted by molar-refractivity contribution is 5.86. The van der Waals surface area contributed by atoms with Gasteiger partial charge in [0, 0.05) is 29.6 Å². The van der Waals surface area contributed by atoms with Crippen LogP contribution in [0.1, 0.15) is 32.0 Å². The van der Waals surface area contributed by atoms with E-state index in [1.54, 1.807) is 0 Å². The van der Waals surface area contributed by atoms with Gasteiger partial charge in [-0.15, -0.1) is 0 Å². The SMILES string of the molecule is CC(C)(C)OC(=O)C1Cc2c([nH]c3ccccc23)CN1. The molecule has 3 rings (SSSR count). The molecule has 0 saturated heterocycles. The Bertz CT molecular complexity index is 652. The predicted octanol–water partition coefficient (Wildman–Crippen LogP) is 2.52. The Hall–Kier alpha value is -1.81. The van der Waals surface area contributed by atoms with E-state index in [1.165, 1.54) is 16.6 Å². The third kappa shape index (κ3) is 2.43. The Morgan fingerprint density at radius 1 is 1.30 bits per heavy atom. The van der Waals surface area contributed by atoms with E-state index < -0.39 is 5.60 Å². The van der Waals surface area contributed by atoms with Crippen LogP contribution in [-0.4, -0.2) is 22.6 Å². The molecular formula is C16H20N2O2. The molecule has 106 valence electrons. The van der Waals surface area contributed by atoms with Crippen molar-refractivity contribution in [2.24, 2.45) is 0 Å². The van der Waals surface area contributed by atoms with Crippen LogP contribution in [0.5, 0.6) is 0 Å². The summed E-state index contributed by atoms with van der Waals surface area (Å²) in [4.78, 5) is 15.6. The van der Waals surface area contributed by atoms with Crippen molar-refractivity contribution in [3.05, 3.63) is 35.5 Å². The molecule has 1 aromatic carbocycles. The number of nitrogens with one attached hydrogen (secondary N) is 2. The van der Waals surface area contributed by atoms with Crippen molar-refractivity contribution in [3.8, 4) is 0 Å². The summed E-state index contributed by atoms with van der Waals surface area (Å²) in [6.07, 6.45) is 0.675. The molecule has 2 N–H and O–H groups in total. The molecule has 0 radical (unpaired) electrons. The van der Waals surface area contributed by atoms with Gasteiger partial charge < -0.3 is 9.72 Å². The summed E-state index contributed by atoms with van der Waals surface area (Å²) in [6, 6.07) is 7.95. The molecule has 0 spiro atoms. The quantitative estimate of drug-likeness (QED) is 0.784. The van der Waals surface area contributed by atoms with Crippen LogP contribution in [0.3, 0.4) is 0 Å². The number of carbonyl (C=O) groups excluding carboxylic acids is 1. The zero-order chi connectivity index (χ0) is 14.3. The number of hydrogen-bond acceptors (Lipinski definition) is 3. The Balaban J connectivity index is 1.86. The van der Waals surface area contributed by atoms with E-state index in [-0.39, 0.29) is 12.0 Å². The number of fused-ring (bicyclic) bond motifs is 3. The van der Waals surface area contributed by atoms with Gasteiger partial charge in [0.2, 0.25) is 0 Å². The largest absolute Gasteiger partial charge is 0.459 e. The van der Waals surface area contributed by atoms with Gasteiger partial charge in [-0.3, -0.25) is 10.1 Å². The van der Waals surface area contributed by atoms with E-state index in [1.807, 2.05) is 32.9 Å². The number of aromatic amines is 1. The van der Waals surface area contributed by atoms with Crippen molar-refractivity contribution in [2.75, 3.05) is 0 Å². The number of ether oxygens (including phenoxy) is 1. The standard InChI is InChI=1S/C16H20N2O2/c1-16(2,3)20-15(19)13-8-11-10-6-4-5-7-12(10)18-14(11)9-17-13/h4-7,13,17-18H,8-9H2,1-3H3. The molecule has 1 unspecified atom stereocenters. The number of carbonyl (C=O) groups is 1. The first kappa shape index (κ1) is 13.2. The van der Waals surface area contributed by atoms with Crippen molar-refractivity contribution in [1.82, 2.24) is 10.3 Å². The molecule has 20 heavy (non-hydrogen) atoms. The molecule has 4 heteroatoms. The van der Waals surface area contributed by atoms with Gasteiger partial charge in [0.25, 0.3) is 0 Å². The maximum Gasteiger partial charge on any atom is 0.324 e. The number of benzene rings is 1. The number of rotatable bonds is 1. The number of aromatic nitrogens is 1. The van der Waals surface area contributed by atoms with Crippen LogP contribution in [0.15, 0.2) is 24.3 Å². The van der Waals surface area contributed by atoms with Crippen LogP contribution in [0.2, 0.25) is 0 Å². The fourth-order valence-electron chi connectivity index (χ4n) is 2.68. The van der Waals surface area contributed by atoms with Gasteiger partial charge in [-0.25, -0.2) is 0 Å². The molecule has 4 nitrogen and oxygen atoms in total. The van der Waals surface area contributed by atoms with E-state index in [9.17, 15) is 4.79 Å². The second kappa shape index (κ2) is 4.63.